The van der Waals surface area contributed by atoms with Crippen molar-refractivity contribution in [3.63, 3.8) is 0 Å². The number of Topliss-reactive ketones (excluding diaryl/α,β-unsaturated/α-hetero) is 2. The molecule has 0 aromatic heterocycles. The maximum Gasteiger partial charge on any atom is 0.170 e. The topological polar surface area (TPSA) is 34.1 Å². The van der Waals surface area contributed by atoms with Gasteiger partial charge in [-0.2, -0.15) is 0 Å². The SMILES string of the molecule is Cc1ccc(C(=O)CC(=O)Cc2ccccc2Br)cc1C. The van der Waals surface area contributed by atoms with Crippen LogP contribution in [0.3, 0.4) is 0 Å². The zero-order chi connectivity index (χ0) is 15.4. The van der Waals surface area contributed by atoms with Crippen LogP contribution in [0.15, 0.2) is 46.9 Å². The monoisotopic (exact) mass is 344 g/mol. The summed E-state index contributed by atoms with van der Waals surface area (Å²) in [5, 5.41) is 0. The van der Waals surface area contributed by atoms with Crippen molar-refractivity contribution in [2.24, 2.45) is 0 Å². The van der Waals surface area contributed by atoms with E-state index in [2.05, 4.69) is 15.9 Å². The van der Waals surface area contributed by atoms with Crippen molar-refractivity contribution in [3.8, 4) is 0 Å². The molecule has 0 bridgehead atoms. The van der Waals surface area contributed by atoms with Crippen LogP contribution in [-0.4, -0.2) is 11.6 Å². The molecule has 108 valence electrons. The molecule has 0 radical (unpaired) electrons. The lowest BCUT2D eigenvalue weighted by atomic mass is 9.99. The molecule has 2 aromatic carbocycles. The number of carbonyl (C=O) groups excluding carboxylic acids is 2. The number of carbonyl (C=O) groups is 2. The maximum absolute atomic E-state index is 12.2. The van der Waals surface area contributed by atoms with Crippen LogP contribution in [0.1, 0.15) is 33.5 Å². The number of hydrogen-bond acceptors (Lipinski definition) is 2. The van der Waals surface area contributed by atoms with Gasteiger partial charge < -0.3 is 0 Å². The Hall–Kier alpha value is -1.74. The van der Waals surface area contributed by atoms with Crippen LogP contribution in [-0.2, 0) is 11.2 Å². The minimum atomic E-state index is -0.116. The molecule has 0 saturated carbocycles. The maximum atomic E-state index is 12.2. The number of rotatable bonds is 5. The highest BCUT2D eigenvalue weighted by Crippen LogP contribution is 2.18. The van der Waals surface area contributed by atoms with E-state index in [1.807, 2.05) is 50.2 Å². The molecule has 0 spiro atoms. The quantitative estimate of drug-likeness (QED) is 0.593. The zero-order valence-electron chi connectivity index (χ0n) is 12.2. The van der Waals surface area contributed by atoms with Crippen molar-refractivity contribution >= 4 is 27.5 Å². The van der Waals surface area contributed by atoms with Gasteiger partial charge in [-0.05, 0) is 42.7 Å². The Morgan fingerprint density at radius 3 is 2.38 bits per heavy atom. The first kappa shape index (κ1) is 15.6. The van der Waals surface area contributed by atoms with Crippen LogP contribution < -0.4 is 0 Å². The molecule has 0 aliphatic rings. The molecule has 0 atom stereocenters. The van der Waals surface area contributed by atoms with E-state index in [-0.39, 0.29) is 24.4 Å². The molecule has 0 saturated heterocycles. The fourth-order valence-corrected chi connectivity index (χ4v) is 2.54. The van der Waals surface area contributed by atoms with Gasteiger partial charge >= 0.3 is 0 Å². The normalized spacial score (nSPS) is 10.4. The van der Waals surface area contributed by atoms with Crippen molar-refractivity contribution in [1.29, 1.82) is 0 Å². The zero-order valence-corrected chi connectivity index (χ0v) is 13.7. The smallest absolute Gasteiger partial charge is 0.170 e. The highest BCUT2D eigenvalue weighted by Gasteiger charge is 2.14. The van der Waals surface area contributed by atoms with Gasteiger partial charge in [0.15, 0.2) is 5.78 Å². The van der Waals surface area contributed by atoms with E-state index in [9.17, 15) is 9.59 Å². The van der Waals surface area contributed by atoms with Gasteiger partial charge in [-0.3, -0.25) is 9.59 Å². The minimum Gasteiger partial charge on any atom is -0.299 e. The molecular formula is C18H17BrO2. The van der Waals surface area contributed by atoms with Crippen molar-refractivity contribution in [2.75, 3.05) is 0 Å². The Kier molecular flexibility index (Phi) is 5.07. The van der Waals surface area contributed by atoms with Crippen LogP contribution >= 0.6 is 15.9 Å². The summed E-state index contributed by atoms with van der Waals surface area (Å²) in [6.07, 6.45) is 0.224. The van der Waals surface area contributed by atoms with Crippen LogP contribution in [0.5, 0.6) is 0 Å². The van der Waals surface area contributed by atoms with E-state index in [1.54, 1.807) is 6.07 Å². The number of halogens is 1. The fourth-order valence-electron chi connectivity index (χ4n) is 2.11. The van der Waals surface area contributed by atoms with Gasteiger partial charge in [0.25, 0.3) is 0 Å². The first-order valence-corrected chi connectivity index (χ1v) is 7.62. The molecule has 0 aliphatic heterocycles. The van der Waals surface area contributed by atoms with Gasteiger partial charge in [0.05, 0.1) is 6.42 Å². The third-order valence-corrected chi connectivity index (χ3v) is 4.31. The summed E-state index contributed by atoms with van der Waals surface area (Å²) in [5.41, 5.74) is 3.74. The number of benzene rings is 2. The van der Waals surface area contributed by atoms with Crippen molar-refractivity contribution in [3.05, 3.63) is 69.2 Å². The highest BCUT2D eigenvalue weighted by molar-refractivity contribution is 9.10. The summed E-state index contributed by atoms with van der Waals surface area (Å²) < 4.78 is 0.900. The van der Waals surface area contributed by atoms with Crippen LogP contribution in [0, 0.1) is 13.8 Å². The van der Waals surface area contributed by atoms with Crippen LogP contribution in [0.25, 0.3) is 0 Å². The van der Waals surface area contributed by atoms with E-state index in [0.717, 1.165) is 21.2 Å². The van der Waals surface area contributed by atoms with Crippen LogP contribution in [0.2, 0.25) is 0 Å². The van der Waals surface area contributed by atoms with E-state index in [0.29, 0.717) is 5.56 Å². The molecule has 2 rings (SSSR count). The number of ketones is 2. The average Bonchev–Trinajstić information content (AvgIpc) is 2.44. The summed E-state index contributed by atoms with van der Waals surface area (Å²) in [6.45, 7) is 3.97. The second-order valence-corrected chi connectivity index (χ2v) is 6.06. The molecule has 0 N–H and O–H groups in total. The van der Waals surface area contributed by atoms with Crippen molar-refractivity contribution in [1.82, 2.24) is 0 Å². The van der Waals surface area contributed by atoms with Gasteiger partial charge in [0.1, 0.15) is 5.78 Å². The molecule has 3 heteroatoms. The Morgan fingerprint density at radius 1 is 1.00 bits per heavy atom. The third kappa shape index (κ3) is 4.11. The summed E-state index contributed by atoms with van der Waals surface area (Å²) >= 11 is 3.42. The van der Waals surface area contributed by atoms with Gasteiger partial charge in [-0.1, -0.05) is 46.3 Å². The lowest BCUT2D eigenvalue weighted by molar-refractivity contribution is -0.117. The van der Waals surface area contributed by atoms with Crippen LogP contribution in [0.4, 0.5) is 0 Å². The molecule has 2 nitrogen and oxygen atoms in total. The van der Waals surface area contributed by atoms with E-state index < -0.39 is 0 Å². The Bertz CT molecular complexity index is 689. The van der Waals surface area contributed by atoms with Gasteiger partial charge in [0.2, 0.25) is 0 Å². The molecule has 0 aliphatic carbocycles. The third-order valence-electron chi connectivity index (χ3n) is 3.53. The molecule has 0 heterocycles. The Balaban J connectivity index is 2.04. The Morgan fingerprint density at radius 2 is 1.71 bits per heavy atom. The van der Waals surface area contributed by atoms with E-state index in [1.165, 1.54) is 0 Å². The predicted molar refractivity (Wildman–Crippen MR) is 87.7 cm³/mol. The lowest BCUT2D eigenvalue weighted by Gasteiger charge is -2.06. The van der Waals surface area contributed by atoms with Gasteiger partial charge in [0, 0.05) is 16.5 Å². The molecule has 0 amide bonds. The number of aryl methyl sites for hydroxylation is 2. The number of hydrogen-bond donors (Lipinski definition) is 0. The van der Waals surface area contributed by atoms with Crippen molar-refractivity contribution < 1.29 is 9.59 Å². The standard InChI is InChI=1S/C18H17BrO2/c1-12-7-8-15(9-13(12)2)18(21)11-16(20)10-14-5-3-4-6-17(14)19/h3-9H,10-11H2,1-2H3. The Labute approximate surface area is 133 Å². The largest absolute Gasteiger partial charge is 0.299 e. The van der Waals surface area contributed by atoms with Gasteiger partial charge in [-0.15, -0.1) is 0 Å². The predicted octanol–water partition coefficient (Wildman–Crippen LogP) is 4.45. The second kappa shape index (κ2) is 6.81. The van der Waals surface area contributed by atoms with E-state index >= 15 is 0 Å². The fraction of sp³-hybridized carbons (Fsp3) is 0.222. The summed E-state index contributed by atoms with van der Waals surface area (Å²) in [5.74, 6) is -0.180. The minimum absolute atomic E-state index is 0.0518. The second-order valence-electron chi connectivity index (χ2n) is 5.21. The summed E-state index contributed by atoms with van der Waals surface area (Å²) in [4.78, 5) is 24.2. The summed E-state index contributed by atoms with van der Waals surface area (Å²) in [6, 6.07) is 13.1. The molecule has 0 fully saturated rings. The first-order valence-electron chi connectivity index (χ1n) is 6.83. The van der Waals surface area contributed by atoms with Gasteiger partial charge in [-0.25, -0.2) is 0 Å². The molecule has 2 aromatic rings. The van der Waals surface area contributed by atoms with Crippen molar-refractivity contribution in [2.45, 2.75) is 26.7 Å². The first-order chi connectivity index (χ1) is 9.97. The average molecular weight is 345 g/mol. The summed E-state index contributed by atoms with van der Waals surface area (Å²) in [7, 11) is 0. The molecular weight excluding hydrogens is 328 g/mol. The molecule has 0 unspecified atom stereocenters. The lowest BCUT2D eigenvalue weighted by Crippen LogP contribution is -2.11. The highest BCUT2D eigenvalue weighted by atomic mass is 79.9. The van der Waals surface area contributed by atoms with E-state index in [4.69, 9.17) is 0 Å². The molecule has 21 heavy (non-hydrogen) atoms.